The molecular formula is C25H24Cl3NO3. The van der Waals surface area contributed by atoms with Crippen LogP contribution in [-0.2, 0) is 12.0 Å². The molecule has 1 N–H and O–H groups in total. The van der Waals surface area contributed by atoms with Crippen molar-refractivity contribution >= 4 is 46.4 Å². The van der Waals surface area contributed by atoms with Crippen molar-refractivity contribution in [1.82, 2.24) is 0 Å². The molecule has 0 fully saturated rings. The number of para-hydroxylation sites is 1. The maximum absolute atomic E-state index is 12.8. The molecule has 0 aliphatic carbocycles. The second-order valence-electron chi connectivity index (χ2n) is 8.26. The lowest BCUT2D eigenvalue weighted by molar-refractivity contribution is 0.102. The first-order chi connectivity index (χ1) is 15.1. The Morgan fingerprint density at radius 1 is 0.906 bits per heavy atom. The summed E-state index contributed by atoms with van der Waals surface area (Å²) in [6, 6.07) is 16.1. The van der Waals surface area contributed by atoms with E-state index in [2.05, 4.69) is 32.2 Å². The molecule has 1 amide bonds. The first-order valence-corrected chi connectivity index (χ1v) is 11.1. The molecular weight excluding hydrogens is 469 g/mol. The number of benzene rings is 3. The molecule has 0 heterocycles. The fourth-order valence-electron chi connectivity index (χ4n) is 3.21. The van der Waals surface area contributed by atoms with Gasteiger partial charge in [0, 0.05) is 11.1 Å². The van der Waals surface area contributed by atoms with Crippen LogP contribution in [0.15, 0.2) is 54.6 Å². The van der Waals surface area contributed by atoms with E-state index in [0.717, 1.165) is 16.9 Å². The van der Waals surface area contributed by atoms with Gasteiger partial charge in [0.05, 0.1) is 27.9 Å². The number of ether oxygens (including phenoxy) is 2. The molecule has 0 unspecified atom stereocenters. The van der Waals surface area contributed by atoms with Crippen LogP contribution in [0, 0.1) is 0 Å². The molecule has 32 heavy (non-hydrogen) atoms. The van der Waals surface area contributed by atoms with Gasteiger partial charge in [0.1, 0.15) is 18.1 Å². The summed E-state index contributed by atoms with van der Waals surface area (Å²) in [7, 11) is 1.58. The number of hydrogen-bond donors (Lipinski definition) is 1. The zero-order chi connectivity index (χ0) is 23.5. The van der Waals surface area contributed by atoms with Crippen molar-refractivity contribution in [3.05, 3.63) is 86.4 Å². The Morgan fingerprint density at radius 3 is 2.28 bits per heavy atom. The van der Waals surface area contributed by atoms with Gasteiger partial charge < -0.3 is 14.8 Å². The third-order valence-electron chi connectivity index (χ3n) is 4.88. The van der Waals surface area contributed by atoms with E-state index in [9.17, 15) is 4.79 Å². The molecule has 4 nitrogen and oxygen atoms in total. The predicted molar refractivity (Wildman–Crippen MR) is 132 cm³/mol. The standard InChI is InChI=1S/C25H24Cl3NO3/c1-25(2,3)17-7-5-6-8-23(17)32-14-16-11-15(9-10-22(16)31-4)24(30)29-21-13-19(27)18(26)12-20(21)28/h5-13H,14H2,1-4H3,(H,29,30). The minimum atomic E-state index is -0.343. The fraction of sp³-hybridized carbons (Fsp3) is 0.240. The lowest BCUT2D eigenvalue weighted by Gasteiger charge is -2.23. The summed E-state index contributed by atoms with van der Waals surface area (Å²) in [6.07, 6.45) is 0. The van der Waals surface area contributed by atoms with Gasteiger partial charge in [-0.25, -0.2) is 0 Å². The van der Waals surface area contributed by atoms with E-state index < -0.39 is 0 Å². The minimum Gasteiger partial charge on any atom is -0.496 e. The number of carbonyl (C=O) groups is 1. The Labute approximate surface area is 203 Å². The molecule has 0 aromatic heterocycles. The van der Waals surface area contributed by atoms with Crippen LogP contribution in [0.5, 0.6) is 11.5 Å². The topological polar surface area (TPSA) is 47.6 Å². The van der Waals surface area contributed by atoms with Gasteiger partial charge in [0.25, 0.3) is 5.91 Å². The first-order valence-electron chi connectivity index (χ1n) is 9.95. The van der Waals surface area contributed by atoms with Crippen molar-refractivity contribution in [2.75, 3.05) is 12.4 Å². The van der Waals surface area contributed by atoms with Crippen molar-refractivity contribution in [2.24, 2.45) is 0 Å². The lowest BCUT2D eigenvalue weighted by Crippen LogP contribution is -2.14. The van der Waals surface area contributed by atoms with Crippen LogP contribution in [0.3, 0.4) is 0 Å². The molecule has 0 radical (unpaired) electrons. The highest BCUT2D eigenvalue weighted by Crippen LogP contribution is 2.34. The number of carbonyl (C=O) groups excluding carboxylic acids is 1. The molecule has 0 aliphatic rings. The van der Waals surface area contributed by atoms with Crippen molar-refractivity contribution in [2.45, 2.75) is 32.8 Å². The molecule has 0 atom stereocenters. The highest BCUT2D eigenvalue weighted by Gasteiger charge is 2.19. The van der Waals surface area contributed by atoms with Gasteiger partial charge in [-0.05, 0) is 47.4 Å². The van der Waals surface area contributed by atoms with Gasteiger partial charge in [-0.1, -0.05) is 73.8 Å². The largest absolute Gasteiger partial charge is 0.496 e. The Bertz CT molecular complexity index is 1140. The number of anilines is 1. The summed E-state index contributed by atoms with van der Waals surface area (Å²) in [5.74, 6) is 1.08. The molecule has 3 aromatic rings. The van der Waals surface area contributed by atoms with Crippen molar-refractivity contribution < 1.29 is 14.3 Å². The highest BCUT2D eigenvalue weighted by molar-refractivity contribution is 6.44. The quantitative estimate of drug-likeness (QED) is 0.357. The third-order valence-corrected chi connectivity index (χ3v) is 5.91. The molecule has 0 spiro atoms. The lowest BCUT2D eigenvalue weighted by atomic mass is 9.86. The second-order valence-corrected chi connectivity index (χ2v) is 9.48. The molecule has 7 heteroatoms. The first kappa shape index (κ1) is 24.2. The van der Waals surface area contributed by atoms with Gasteiger partial charge in [-0.15, -0.1) is 0 Å². The summed E-state index contributed by atoms with van der Waals surface area (Å²) >= 11 is 18.2. The number of halogens is 3. The normalized spacial score (nSPS) is 11.2. The summed E-state index contributed by atoms with van der Waals surface area (Å²) in [5.41, 5.74) is 2.57. The SMILES string of the molecule is COc1ccc(C(=O)Nc2cc(Cl)c(Cl)cc2Cl)cc1COc1ccccc1C(C)(C)C. The van der Waals surface area contributed by atoms with Crippen LogP contribution < -0.4 is 14.8 Å². The molecule has 0 saturated carbocycles. The second kappa shape index (κ2) is 10.0. The monoisotopic (exact) mass is 491 g/mol. The zero-order valence-corrected chi connectivity index (χ0v) is 20.5. The van der Waals surface area contributed by atoms with Gasteiger partial charge in [-0.3, -0.25) is 4.79 Å². The Kier molecular flexibility index (Phi) is 7.60. The zero-order valence-electron chi connectivity index (χ0n) is 18.3. The highest BCUT2D eigenvalue weighted by atomic mass is 35.5. The van der Waals surface area contributed by atoms with Crippen LogP contribution in [0.1, 0.15) is 42.3 Å². The maximum atomic E-state index is 12.8. The van der Waals surface area contributed by atoms with E-state index in [1.165, 1.54) is 12.1 Å². The summed E-state index contributed by atoms with van der Waals surface area (Å²) in [4.78, 5) is 12.8. The molecule has 3 aromatic carbocycles. The van der Waals surface area contributed by atoms with Crippen LogP contribution in [0.4, 0.5) is 5.69 Å². The number of hydrogen-bond acceptors (Lipinski definition) is 3. The Balaban J connectivity index is 1.84. The van der Waals surface area contributed by atoms with Crippen LogP contribution in [0.25, 0.3) is 0 Å². The smallest absolute Gasteiger partial charge is 0.255 e. The molecule has 0 saturated heterocycles. The Hall–Kier alpha value is -2.40. The molecule has 3 rings (SSSR count). The minimum absolute atomic E-state index is 0.0679. The number of amides is 1. The summed E-state index contributed by atoms with van der Waals surface area (Å²) in [6.45, 7) is 6.64. The van der Waals surface area contributed by atoms with E-state index in [1.54, 1.807) is 25.3 Å². The number of rotatable bonds is 6. The van der Waals surface area contributed by atoms with Gasteiger partial charge in [0.15, 0.2) is 0 Å². The van der Waals surface area contributed by atoms with Crippen molar-refractivity contribution in [3.63, 3.8) is 0 Å². The maximum Gasteiger partial charge on any atom is 0.255 e. The summed E-state index contributed by atoms with van der Waals surface area (Å²) < 4.78 is 11.6. The predicted octanol–water partition coefficient (Wildman–Crippen LogP) is 7.78. The van der Waals surface area contributed by atoms with Crippen LogP contribution in [-0.4, -0.2) is 13.0 Å². The van der Waals surface area contributed by atoms with E-state index >= 15 is 0 Å². The van der Waals surface area contributed by atoms with Gasteiger partial charge >= 0.3 is 0 Å². The van der Waals surface area contributed by atoms with E-state index in [1.807, 2.05) is 18.2 Å². The number of methoxy groups -OCH3 is 1. The van der Waals surface area contributed by atoms with Crippen molar-refractivity contribution in [3.8, 4) is 11.5 Å². The fourth-order valence-corrected chi connectivity index (χ4v) is 3.81. The van der Waals surface area contributed by atoms with Crippen LogP contribution >= 0.6 is 34.8 Å². The number of nitrogens with one attached hydrogen (secondary N) is 1. The van der Waals surface area contributed by atoms with Gasteiger partial charge in [-0.2, -0.15) is 0 Å². The average Bonchev–Trinajstić information content (AvgIpc) is 2.75. The summed E-state index contributed by atoms with van der Waals surface area (Å²) in [5, 5.41) is 3.67. The molecule has 0 bridgehead atoms. The molecule has 0 aliphatic heterocycles. The van der Waals surface area contributed by atoms with Crippen LogP contribution in [0.2, 0.25) is 15.1 Å². The van der Waals surface area contributed by atoms with E-state index in [4.69, 9.17) is 44.3 Å². The Morgan fingerprint density at radius 2 is 1.59 bits per heavy atom. The van der Waals surface area contributed by atoms with E-state index in [-0.39, 0.29) is 17.9 Å². The average molecular weight is 493 g/mol. The van der Waals surface area contributed by atoms with Gasteiger partial charge in [0.2, 0.25) is 0 Å². The van der Waals surface area contributed by atoms with Crippen molar-refractivity contribution in [1.29, 1.82) is 0 Å². The third kappa shape index (κ3) is 5.69. The van der Waals surface area contributed by atoms with E-state index in [0.29, 0.717) is 32.1 Å². The molecule has 168 valence electrons.